The number of hydrogen-bond donors (Lipinski definition) is 3. The number of nitrogens with one attached hydrogen (secondary N) is 2. The van der Waals surface area contributed by atoms with E-state index < -0.39 is 0 Å². The first-order valence-electron chi connectivity index (χ1n) is 11.6. The molecule has 0 saturated heterocycles. The Morgan fingerprint density at radius 2 is 1.95 bits per heavy atom. The minimum atomic E-state index is -0.204. The Bertz CT molecular complexity index is 1520. The fourth-order valence-corrected chi connectivity index (χ4v) is 5.58. The lowest BCUT2D eigenvalue weighted by Gasteiger charge is -2.17. The van der Waals surface area contributed by atoms with Gasteiger partial charge in [-0.25, -0.2) is 9.97 Å². The number of para-hydroxylation sites is 2. The van der Waals surface area contributed by atoms with Crippen molar-refractivity contribution in [3.8, 4) is 10.6 Å². The van der Waals surface area contributed by atoms with Gasteiger partial charge in [-0.2, -0.15) is 0 Å². The van der Waals surface area contributed by atoms with E-state index in [4.69, 9.17) is 10.5 Å². The van der Waals surface area contributed by atoms with Crippen LogP contribution in [0.5, 0.6) is 0 Å². The molecule has 0 aliphatic heterocycles. The highest BCUT2D eigenvalue weighted by Gasteiger charge is 2.15. The minimum Gasteiger partial charge on any atom is -0.397 e. The van der Waals surface area contributed by atoms with Gasteiger partial charge in [0, 0.05) is 32.1 Å². The molecule has 0 unspecified atom stereocenters. The quantitative estimate of drug-likeness (QED) is 0.212. The summed E-state index contributed by atoms with van der Waals surface area (Å²) in [6.07, 6.45) is 3.73. The topological polar surface area (TPSA) is 110 Å². The average molecular weight is 534 g/mol. The van der Waals surface area contributed by atoms with Crippen LogP contribution in [0.2, 0.25) is 0 Å². The molecule has 0 radical (unpaired) electrons. The molecular weight excluding hydrogens is 506 g/mol. The summed E-state index contributed by atoms with van der Waals surface area (Å²) in [5.41, 5.74) is 10.1. The summed E-state index contributed by atoms with van der Waals surface area (Å²) in [5.74, 6) is -0.204. The van der Waals surface area contributed by atoms with Crippen molar-refractivity contribution in [2.75, 3.05) is 43.7 Å². The Balaban J connectivity index is 1.31. The van der Waals surface area contributed by atoms with E-state index in [1.165, 1.54) is 22.7 Å². The number of amides is 1. The van der Waals surface area contributed by atoms with E-state index >= 15 is 0 Å². The molecule has 0 spiro atoms. The zero-order valence-corrected chi connectivity index (χ0v) is 22.1. The van der Waals surface area contributed by atoms with Crippen LogP contribution in [0.15, 0.2) is 67.0 Å². The molecular formula is C26H27N7O2S2. The summed E-state index contributed by atoms with van der Waals surface area (Å²) < 4.78 is 7.38. The van der Waals surface area contributed by atoms with Gasteiger partial charge in [0.25, 0.3) is 5.91 Å². The lowest BCUT2D eigenvalue weighted by molar-refractivity contribution is 0.103. The van der Waals surface area contributed by atoms with Gasteiger partial charge in [0.05, 0.1) is 44.6 Å². The third-order valence-electron chi connectivity index (χ3n) is 5.75. The van der Waals surface area contributed by atoms with Crippen molar-refractivity contribution in [3.05, 3.63) is 77.6 Å². The normalized spacial score (nSPS) is 11.3. The molecule has 4 aromatic heterocycles. The number of rotatable bonds is 10. The number of likely N-dealkylation sites (N-methyl/N-ethyl adjacent to an activating group) is 1. The number of thiophene rings is 1. The maximum Gasteiger partial charge on any atom is 0.265 e. The summed E-state index contributed by atoms with van der Waals surface area (Å²) in [5, 5.41) is 7.74. The van der Waals surface area contributed by atoms with Crippen molar-refractivity contribution in [2.24, 2.45) is 0 Å². The lowest BCUT2D eigenvalue weighted by atomic mass is 10.2. The van der Waals surface area contributed by atoms with Crippen LogP contribution in [-0.2, 0) is 11.3 Å². The van der Waals surface area contributed by atoms with Gasteiger partial charge in [-0.1, -0.05) is 29.5 Å². The number of pyridine rings is 1. The second kappa shape index (κ2) is 11.1. The summed E-state index contributed by atoms with van der Waals surface area (Å²) >= 11 is 2.89. The number of nitrogens with zero attached hydrogens (tertiary/aromatic N) is 4. The molecule has 4 heterocycles. The number of thiazole rings is 1. The Labute approximate surface area is 222 Å². The van der Waals surface area contributed by atoms with E-state index in [0.29, 0.717) is 22.9 Å². The molecule has 5 aromatic rings. The van der Waals surface area contributed by atoms with Gasteiger partial charge < -0.3 is 21.1 Å². The van der Waals surface area contributed by atoms with Gasteiger partial charge in [-0.15, -0.1) is 11.3 Å². The molecule has 0 bridgehead atoms. The standard InChI is InChI=1S/C26H27N7O2S2/c1-32(12-13-35-2)16-17-6-5-9-23-28-14-20(33(17)23)22-15-29-26(37-22)31-24-11-10-21(36-24)25(34)30-19-8-4-3-7-18(19)27/h3-11,14-15H,12-13,16,27H2,1-2H3,(H,29,31)(H,30,34). The number of anilines is 4. The molecule has 0 fully saturated rings. The molecule has 37 heavy (non-hydrogen) atoms. The van der Waals surface area contributed by atoms with Crippen LogP contribution < -0.4 is 16.4 Å². The second-order valence-electron chi connectivity index (χ2n) is 8.44. The fourth-order valence-electron chi connectivity index (χ4n) is 3.88. The molecule has 11 heteroatoms. The smallest absolute Gasteiger partial charge is 0.265 e. The first-order valence-corrected chi connectivity index (χ1v) is 13.3. The zero-order valence-electron chi connectivity index (χ0n) is 20.5. The average Bonchev–Trinajstić information content (AvgIpc) is 3.64. The second-order valence-corrected chi connectivity index (χ2v) is 10.6. The highest BCUT2D eigenvalue weighted by Crippen LogP contribution is 2.34. The number of ether oxygens (including phenoxy) is 1. The van der Waals surface area contributed by atoms with E-state index in [9.17, 15) is 4.79 Å². The third kappa shape index (κ3) is 5.65. The monoisotopic (exact) mass is 533 g/mol. The molecule has 9 nitrogen and oxygen atoms in total. The van der Waals surface area contributed by atoms with E-state index in [2.05, 4.69) is 43.0 Å². The summed E-state index contributed by atoms with van der Waals surface area (Å²) in [4.78, 5) is 25.6. The molecule has 4 N–H and O–H groups in total. The van der Waals surface area contributed by atoms with Crippen molar-refractivity contribution in [1.29, 1.82) is 0 Å². The van der Waals surface area contributed by atoms with Crippen molar-refractivity contribution in [1.82, 2.24) is 19.3 Å². The van der Waals surface area contributed by atoms with E-state index in [-0.39, 0.29) is 5.91 Å². The van der Waals surface area contributed by atoms with Crippen LogP contribution in [0.1, 0.15) is 15.4 Å². The number of hydrogen-bond acceptors (Lipinski definition) is 9. The SMILES string of the molecule is COCCN(C)Cc1cccc2ncc(-c3cnc(Nc4ccc(C(=O)Nc5ccccc5N)s4)s3)n12. The van der Waals surface area contributed by atoms with Crippen LogP contribution in [0, 0.1) is 0 Å². The summed E-state index contributed by atoms with van der Waals surface area (Å²) in [6.45, 7) is 2.29. The first kappa shape index (κ1) is 24.9. The predicted molar refractivity (Wildman–Crippen MR) is 151 cm³/mol. The molecule has 0 saturated carbocycles. The highest BCUT2D eigenvalue weighted by atomic mass is 32.1. The van der Waals surface area contributed by atoms with Crippen molar-refractivity contribution < 1.29 is 9.53 Å². The van der Waals surface area contributed by atoms with Crippen molar-refractivity contribution in [2.45, 2.75) is 6.54 Å². The molecule has 5 rings (SSSR count). The van der Waals surface area contributed by atoms with Crippen LogP contribution in [0.4, 0.5) is 21.5 Å². The van der Waals surface area contributed by atoms with Crippen LogP contribution in [0.25, 0.3) is 16.2 Å². The number of methoxy groups -OCH3 is 1. The number of nitrogen functional groups attached to an aromatic ring is 1. The number of carbonyl (C=O) groups excluding carboxylic acids is 1. The van der Waals surface area contributed by atoms with Gasteiger partial charge in [0.2, 0.25) is 0 Å². The number of benzene rings is 1. The maximum absolute atomic E-state index is 12.7. The van der Waals surface area contributed by atoms with Crippen LogP contribution >= 0.6 is 22.7 Å². The predicted octanol–water partition coefficient (Wildman–Crippen LogP) is 5.18. The molecule has 0 aliphatic rings. The molecule has 1 amide bonds. The van der Waals surface area contributed by atoms with E-state index in [1.54, 1.807) is 25.3 Å². The maximum atomic E-state index is 12.7. The van der Waals surface area contributed by atoms with Crippen molar-refractivity contribution >= 4 is 55.7 Å². The van der Waals surface area contributed by atoms with Gasteiger partial charge in [0.1, 0.15) is 5.65 Å². The van der Waals surface area contributed by atoms with E-state index in [1.807, 2.05) is 42.7 Å². The van der Waals surface area contributed by atoms with E-state index in [0.717, 1.165) is 45.1 Å². The number of aromatic nitrogens is 3. The van der Waals surface area contributed by atoms with Gasteiger partial charge in [-0.05, 0) is 43.4 Å². The molecule has 0 atom stereocenters. The fraction of sp³-hybridized carbons (Fsp3) is 0.192. The number of fused-ring (bicyclic) bond motifs is 1. The molecule has 0 aliphatic carbocycles. The van der Waals surface area contributed by atoms with Crippen LogP contribution in [0.3, 0.4) is 0 Å². The van der Waals surface area contributed by atoms with Crippen LogP contribution in [-0.4, -0.2) is 52.5 Å². The molecule has 1 aromatic carbocycles. The molecule has 190 valence electrons. The lowest BCUT2D eigenvalue weighted by Crippen LogP contribution is -2.23. The summed E-state index contributed by atoms with van der Waals surface area (Å²) in [6, 6.07) is 17.0. The minimum absolute atomic E-state index is 0.204. The number of carbonyl (C=O) groups is 1. The third-order valence-corrected chi connectivity index (χ3v) is 7.68. The highest BCUT2D eigenvalue weighted by molar-refractivity contribution is 7.20. The van der Waals surface area contributed by atoms with Gasteiger partial charge >= 0.3 is 0 Å². The zero-order chi connectivity index (χ0) is 25.8. The van der Waals surface area contributed by atoms with Crippen molar-refractivity contribution in [3.63, 3.8) is 0 Å². The number of nitrogens with two attached hydrogens (primary N) is 1. The Morgan fingerprint density at radius 1 is 1.08 bits per heavy atom. The number of imidazole rings is 1. The Hall–Kier alpha value is -3.77. The summed E-state index contributed by atoms with van der Waals surface area (Å²) in [7, 11) is 3.79. The van der Waals surface area contributed by atoms with Gasteiger partial charge in [-0.3, -0.25) is 14.1 Å². The largest absolute Gasteiger partial charge is 0.397 e. The van der Waals surface area contributed by atoms with Gasteiger partial charge in [0.15, 0.2) is 5.13 Å². The first-order chi connectivity index (χ1) is 18.0. The Kier molecular flexibility index (Phi) is 7.47. The Morgan fingerprint density at radius 3 is 2.78 bits per heavy atom.